The second-order valence-electron chi connectivity index (χ2n) is 8.34. The van der Waals surface area contributed by atoms with Crippen molar-refractivity contribution in [1.82, 2.24) is 30.8 Å². The zero-order valence-corrected chi connectivity index (χ0v) is 20.2. The number of hydrogen-bond donors (Lipinski definition) is 3. The number of carbonyl (C=O) groups is 1. The highest BCUT2D eigenvalue weighted by molar-refractivity contribution is 9.10. The van der Waals surface area contributed by atoms with Crippen LogP contribution in [-0.4, -0.2) is 51.2 Å². The molecular formula is C24H30BrN7O. The highest BCUT2D eigenvalue weighted by Gasteiger charge is 2.25. The second-order valence-corrected chi connectivity index (χ2v) is 9.25. The highest BCUT2D eigenvalue weighted by Crippen LogP contribution is 2.34. The van der Waals surface area contributed by atoms with Gasteiger partial charge in [0.15, 0.2) is 0 Å². The van der Waals surface area contributed by atoms with E-state index in [4.69, 9.17) is 0 Å². The molecule has 174 valence electrons. The Labute approximate surface area is 202 Å². The Morgan fingerprint density at radius 1 is 1.12 bits per heavy atom. The molecule has 2 amide bonds. The van der Waals surface area contributed by atoms with Crippen LogP contribution in [0.2, 0.25) is 0 Å². The molecular weight excluding hydrogens is 482 g/mol. The topological polar surface area (TPSA) is 98.8 Å². The van der Waals surface area contributed by atoms with Gasteiger partial charge < -0.3 is 10.6 Å². The van der Waals surface area contributed by atoms with E-state index in [-0.39, 0.29) is 6.03 Å². The van der Waals surface area contributed by atoms with Crippen LogP contribution in [0.5, 0.6) is 0 Å². The Hall–Kier alpha value is -2.78. The fraction of sp³-hybridized carbons (Fsp3) is 0.417. The first kappa shape index (κ1) is 23.4. The molecule has 0 radical (unpaired) electrons. The third-order valence-electron chi connectivity index (χ3n) is 6.04. The number of halogens is 1. The van der Waals surface area contributed by atoms with Crippen molar-refractivity contribution in [3.05, 3.63) is 70.0 Å². The maximum absolute atomic E-state index is 12.2. The number of urea groups is 1. The van der Waals surface area contributed by atoms with Crippen LogP contribution in [0.1, 0.15) is 48.7 Å². The number of aryl methyl sites for hydroxylation is 2. The molecule has 2 aromatic carbocycles. The van der Waals surface area contributed by atoms with Crippen molar-refractivity contribution in [2.24, 2.45) is 0 Å². The van der Waals surface area contributed by atoms with Crippen LogP contribution in [-0.2, 0) is 12.8 Å². The van der Waals surface area contributed by atoms with E-state index < -0.39 is 0 Å². The Kier molecular flexibility index (Phi) is 8.43. The number of fused-ring (bicyclic) bond motifs is 1. The molecule has 1 aliphatic carbocycles. The number of tetrazole rings is 1. The summed E-state index contributed by atoms with van der Waals surface area (Å²) in [6.45, 7) is 2.51. The maximum Gasteiger partial charge on any atom is 0.319 e. The molecule has 0 saturated heterocycles. The van der Waals surface area contributed by atoms with Gasteiger partial charge in [0, 0.05) is 35.7 Å². The van der Waals surface area contributed by atoms with Crippen LogP contribution in [0.3, 0.4) is 0 Å². The summed E-state index contributed by atoms with van der Waals surface area (Å²) >= 11 is 3.40. The summed E-state index contributed by atoms with van der Waals surface area (Å²) in [6.07, 6.45) is 6.22. The van der Waals surface area contributed by atoms with Gasteiger partial charge in [-0.3, -0.25) is 4.90 Å². The number of aromatic nitrogens is 4. The smallest absolute Gasteiger partial charge is 0.319 e. The van der Waals surface area contributed by atoms with Crippen molar-refractivity contribution in [2.75, 3.05) is 25.0 Å². The fourth-order valence-electron chi connectivity index (χ4n) is 4.46. The van der Waals surface area contributed by atoms with Gasteiger partial charge >= 0.3 is 6.03 Å². The van der Waals surface area contributed by atoms with E-state index >= 15 is 0 Å². The molecule has 1 heterocycles. The Morgan fingerprint density at radius 2 is 1.94 bits per heavy atom. The van der Waals surface area contributed by atoms with Crippen LogP contribution in [0.15, 0.2) is 53.0 Å². The normalized spacial score (nSPS) is 15.3. The summed E-state index contributed by atoms with van der Waals surface area (Å²) in [5.74, 6) is 0.824. The van der Waals surface area contributed by atoms with Crippen LogP contribution in [0.25, 0.3) is 0 Å². The lowest BCUT2D eigenvalue weighted by atomic mass is 9.86. The van der Waals surface area contributed by atoms with E-state index in [0.29, 0.717) is 12.6 Å². The molecule has 1 aliphatic rings. The molecule has 0 aliphatic heterocycles. The number of rotatable bonds is 10. The SMILES string of the molecule is O=C(NCCCN(CCCc1nnn[nH]1)C1CCCc2ccccc21)Nc1ccc(Br)cc1. The quantitative estimate of drug-likeness (QED) is 0.348. The third kappa shape index (κ3) is 6.85. The van der Waals surface area contributed by atoms with Gasteiger partial charge in [-0.15, -0.1) is 5.10 Å². The number of aromatic amines is 1. The van der Waals surface area contributed by atoms with Crippen molar-refractivity contribution in [3.8, 4) is 0 Å². The van der Waals surface area contributed by atoms with Gasteiger partial charge in [-0.1, -0.05) is 40.2 Å². The lowest BCUT2D eigenvalue weighted by Crippen LogP contribution is -2.36. The average molecular weight is 512 g/mol. The number of H-pyrrole nitrogens is 1. The molecule has 33 heavy (non-hydrogen) atoms. The number of nitrogens with one attached hydrogen (secondary N) is 3. The lowest BCUT2D eigenvalue weighted by molar-refractivity contribution is 0.174. The largest absolute Gasteiger partial charge is 0.338 e. The zero-order chi connectivity index (χ0) is 22.9. The second kappa shape index (κ2) is 11.9. The minimum atomic E-state index is -0.176. The third-order valence-corrected chi connectivity index (χ3v) is 6.57. The monoisotopic (exact) mass is 511 g/mol. The molecule has 1 atom stereocenters. The first-order chi connectivity index (χ1) is 16.2. The Morgan fingerprint density at radius 3 is 2.76 bits per heavy atom. The van der Waals surface area contributed by atoms with Gasteiger partial charge in [0.1, 0.15) is 5.82 Å². The van der Waals surface area contributed by atoms with E-state index in [1.807, 2.05) is 24.3 Å². The Balaban J connectivity index is 1.30. The standard InChI is InChI=1S/C24H30BrN7O/c25-19-11-13-20(14-12-19)27-24(33)26-15-5-17-32(16-4-10-23-28-30-31-29-23)22-9-3-7-18-6-1-2-8-21(18)22/h1-2,6,8,11-14,22H,3-5,7,9-10,15-17H2,(H2,26,27,33)(H,28,29,30,31). The summed E-state index contributed by atoms with van der Waals surface area (Å²) < 4.78 is 0.984. The number of nitrogens with zero attached hydrogens (tertiary/aromatic N) is 4. The summed E-state index contributed by atoms with van der Waals surface area (Å²) in [7, 11) is 0. The molecule has 8 nitrogen and oxygen atoms in total. The molecule has 3 aromatic rings. The van der Waals surface area contributed by atoms with Gasteiger partial charge in [0.05, 0.1) is 0 Å². The van der Waals surface area contributed by atoms with Crippen LogP contribution in [0.4, 0.5) is 10.5 Å². The van der Waals surface area contributed by atoms with Crippen LogP contribution in [0, 0.1) is 0 Å². The first-order valence-corrected chi connectivity index (χ1v) is 12.3. The van der Waals surface area contributed by atoms with Gasteiger partial charge in [-0.05, 0) is 84.5 Å². The van der Waals surface area contributed by atoms with Crippen LogP contribution < -0.4 is 10.6 Å². The minimum Gasteiger partial charge on any atom is -0.338 e. The van der Waals surface area contributed by atoms with E-state index in [9.17, 15) is 4.79 Å². The molecule has 9 heteroatoms. The van der Waals surface area contributed by atoms with Crippen molar-refractivity contribution >= 4 is 27.6 Å². The first-order valence-electron chi connectivity index (χ1n) is 11.5. The minimum absolute atomic E-state index is 0.176. The molecule has 1 unspecified atom stereocenters. The molecule has 4 rings (SSSR count). The molecule has 0 bridgehead atoms. The van der Waals surface area contributed by atoms with Gasteiger partial charge in [0.25, 0.3) is 0 Å². The molecule has 1 aromatic heterocycles. The molecule has 3 N–H and O–H groups in total. The number of carbonyl (C=O) groups excluding carboxylic acids is 1. The van der Waals surface area contributed by atoms with Gasteiger partial charge in [-0.2, -0.15) is 0 Å². The molecule has 0 spiro atoms. The van der Waals surface area contributed by atoms with E-state index in [1.165, 1.54) is 24.0 Å². The number of hydrogen-bond acceptors (Lipinski definition) is 5. The Bertz CT molecular complexity index is 1010. The van der Waals surface area contributed by atoms with Crippen LogP contribution >= 0.6 is 15.9 Å². The van der Waals surface area contributed by atoms with E-state index in [1.54, 1.807) is 0 Å². The predicted molar refractivity (Wildman–Crippen MR) is 132 cm³/mol. The predicted octanol–water partition coefficient (Wildman–Crippen LogP) is 4.49. The van der Waals surface area contributed by atoms with Crippen molar-refractivity contribution < 1.29 is 4.79 Å². The number of anilines is 1. The van der Waals surface area contributed by atoms with Crippen molar-refractivity contribution in [2.45, 2.75) is 44.6 Å². The molecule has 0 saturated carbocycles. The summed E-state index contributed by atoms with van der Waals surface area (Å²) in [4.78, 5) is 14.8. The van der Waals surface area contributed by atoms with Crippen molar-refractivity contribution in [3.63, 3.8) is 0 Å². The maximum atomic E-state index is 12.2. The fourth-order valence-corrected chi connectivity index (χ4v) is 4.72. The van der Waals surface area contributed by atoms with Gasteiger partial charge in [-0.25, -0.2) is 9.89 Å². The number of amides is 2. The van der Waals surface area contributed by atoms with E-state index in [2.05, 4.69) is 76.4 Å². The highest BCUT2D eigenvalue weighted by atomic mass is 79.9. The van der Waals surface area contributed by atoms with Crippen molar-refractivity contribution in [1.29, 1.82) is 0 Å². The average Bonchev–Trinajstić information content (AvgIpc) is 3.35. The van der Waals surface area contributed by atoms with E-state index in [0.717, 1.165) is 54.8 Å². The summed E-state index contributed by atoms with van der Waals surface area (Å²) in [5, 5.41) is 20.0. The summed E-state index contributed by atoms with van der Waals surface area (Å²) in [6, 6.07) is 16.6. The number of benzene rings is 2. The van der Waals surface area contributed by atoms with Gasteiger partial charge in [0.2, 0.25) is 0 Å². The summed E-state index contributed by atoms with van der Waals surface area (Å²) in [5.41, 5.74) is 3.69. The molecule has 0 fully saturated rings. The lowest BCUT2D eigenvalue weighted by Gasteiger charge is -2.36. The zero-order valence-electron chi connectivity index (χ0n) is 18.6.